The van der Waals surface area contributed by atoms with Crippen LogP contribution in [0.2, 0.25) is 5.02 Å². The monoisotopic (exact) mass is 226 g/mol. The van der Waals surface area contributed by atoms with Crippen molar-refractivity contribution < 1.29 is 14.7 Å². The topological polar surface area (TPSA) is 69.2 Å². The molecule has 1 aromatic carbocycles. The Bertz CT molecular complexity index is 392. The molecule has 0 unspecified atom stereocenters. The smallest absolute Gasteiger partial charge is 0.253 e. The van der Waals surface area contributed by atoms with Crippen molar-refractivity contribution in [2.75, 3.05) is 0 Å². The van der Waals surface area contributed by atoms with E-state index in [1.165, 1.54) is 13.0 Å². The van der Waals surface area contributed by atoms with Crippen molar-refractivity contribution in [3.8, 4) is 0 Å². The molecule has 1 atom stereocenters. The fourth-order valence-electron chi connectivity index (χ4n) is 0.979. The first-order chi connectivity index (χ1) is 7.02. The van der Waals surface area contributed by atoms with E-state index in [9.17, 15) is 14.7 Å². The number of carbonyl (C=O) groups is 2. The minimum Gasteiger partial charge on any atom is -0.548 e. The highest BCUT2D eigenvalue weighted by atomic mass is 35.5. The van der Waals surface area contributed by atoms with Gasteiger partial charge in [0.25, 0.3) is 5.91 Å². The van der Waals surface area contributed by atoms with Crippen molar-refractivity contribution in [3.05, 3.63) is 34.9 Å². The summed E-state index contributed by atoms with van der Waals surface area (Å²) in [6.45, 7) is 1.32. The maximum Gasteiger partial charge on any atom is 0.253 e. The van der Waals surface area contributed by atoms with Gasteiger partial charge in [0.15, 0.2) is 0 Å². The number of carboxylic acids is 1. The Kier molecular flexibility index (Phi) is 3.68. The van der Waals surface area contributed by atoms with Crippen LogP contribution in [0.25, 0.3) is 0 Å². The average Bonchev–Trinajstić information content (AvgIpc) is 2.18. The first-order valence-corrected chi connectivity index (χ1v) is 4.66. The largest absolute Gasteiger partial charge is 0.548 e. The first-order valence-electron chi connectivity index (χ1n) is 4.28. The van der Waals surface area contributed by atoms with Crippen molar-refractivity contribution in [2.24, 2.45) is 0 Å². The predicted molar refractivity (Wildman–Crippen MR) is 53.4 cm³/mol. The minimum absolute atomic E-state index is 0.243. The third-order valence-corrected chi connectivity index (χ3v) is 2.15. The van der Waals surface area contributed by atoms with Crippen molar-refractivity contribution in [1.82, 2.24) is 5.32 Å². The van der Waals surface area contributed by atoms with E-state index < -0.39 is 17.9 Å². The maximum atomic E-state index is 11.5. The van der Waals surface area contributed by atoms with Crippen molar-refractivity contribution in [2.45, 2.75) is 13.0 Å². The second-order valence-electron chi connectivity index (χ2n) is 2.99. The van der Waals surface area contributed by atoms with E-state index >= 15 is 0 Å². The molecule has 1 amide bonds. The van der Waals surface area contributed by atoms with E-state index in [1.54, 1.807) is 18.2 Å². The van der Waals surface area contributed by atoms with E-state index in [0.29, 0.717) is 0 Å². The number of nitrogens with one attached hydrogen (secondary N) is 1. The summed E-state index contributed by atoms with van der Waals surface area (Å²) in [5, 5.41) is 12.9. The maximum absolute atomic E-state index is 11.5. The third-order valence-electron chi connectivity index (χ3n) is 1.82. The van der Waals surface area contributed by atoms with Gasteiger partial charge >= 0.3 is 0 Å². The molecule has 0 bridgehead atoms. The number of halogens is 1. The Morgan fingerprint density at radius 2 is 2.00 bits per heavy atom. The van der Waals surface area contributed by atoms with Crippen LogP contribution in [-0.4, -0.2) is 17.9 Å². The minimum atomic E-state index is -1.34. The Morgan fingerprint density at radius 1 is 1.40 bits per heavy atom. The molecule has 0 heterocycles. The van der Waals surface area contributed by atoms with Gasteiger partial charge in [-0.1, -0.05) is 23.7 Å². The van der Waals surface area contributed by atoms with Crippen LogP contribution in [0.4, 0.5) is 0 Å². The lowest BCUT2D eigenvalue weighted by Gasteiger charge is -2.14. The quantitative estimate of drug-likeness (QED) is 0.801. The van der Waals surface area contributed by atoms with Crippen LogP contribution in [0, 0.1) is 0 Å². The molecular formula is C10H9ClNO3-. The fourth-order valence-corrected chi connectivity index (χ4v) is 1.20. The van der Waals surface area contributed by atoms with Gasteiger partial charge < -0.3 is 15.2 Å². The van der Waals surface area contributed by atoms with Gasteiger partial charge in [0.2, 0.25) is 0 Å². The molecule has 4 nitrogen and oxygen atoms in total. The Labute approximate surface area is 91.9 Å². The normalized spacial score (nSPS) is 11.9. The van der Waals surface area contributed by atoms with Gasteiger partial charge in [-0.25, -0.2) is 0 Å². The molecule has 0 aliphatic carbocycles. The summed E-state index contributed by atoms with van der Waals surface area (Å²) in [4.78, 5) is 21.9. The summed E-state index contributed by atoms with van der Waals surface area (Å²) in [5.74, 6) is -1.87. The summed E-state index contributed by atoms with van der Waals surface area (Å²) >= 11 is 5.76. The molecule has 0 saturated carbocycles. The third kappa shape index (κ3) is 2.95. The highest BCUT2D eigenvalue weighted by Gasteiger charge is 2.12. The van der Waals surface area contributed by atoms with Crippen LogP contribution >= 0.6 is 11.6 Å². The molecule has 1 N–H and O–H groups in total. The van der Waals surface area contributed by atoms with E-state index in [0.717, 1.165) is 0 Å². The lowest BCUT2D eigenvalue weighted by Crippen LogP contribution is -2.45. The molecule has 5 heteroatoms. The van der Waals surface area contributed by atoms with Gasteiger partial charge in [-0.15, -0.1) is 0 Å². The molecule has 1 rings (SSSR count). The predicted octanol–water partition coefficient (Wildman–Crippen LogP) is 0.208. The molecule has 0 fully saturated rings. The van der Waals surface area contributed by atoms with Crippen LogP contribution in [0.3, 0.4) is 0 Å². The standard InChI is InChI=1S/C10H10ClNO3/c1-6(10(14)15)12-9(13)7-4-2-3-5-8(7)11/h2-6H,1H3,(H,12,13)(H,14,15)/p-1/t6-/m1/s1. The van der Waals surface area contributed by atoms with Crippen molar-refractivity contribution in [1.29, 1.82) is 0 Å². The molecule has 0 spiro atoms. The van der Waals surface area contributed by atoms with E-state index in [1.807, 2.05) is 0 Å². The van der Waals surface area contributed by atoms with Gasteiger partial charge in [0.1, 0.15) is 0 Å². The Hall–Kier alpha value is -1.55. The van der Waals surface area contributed by atoms with Crippen LogP contribution in [0.15, 0.2) is 24.3 Å². The molecule has 80 valence electrons. The van der Waals surface area contributed by atoms with Gasteiger partial charge in [0, 0.05) is 0 Å². The number of rotatable bonds is 3. The van der Waals surface area contributed by atoms with Crippen molar-refractivity contribution in [3.63, 3.8) is 0 Å². The molecule has 1 aromatic rings. The number of amides is 1. The summed E-state index contributed by atoms with van der Waals surface area (Å²) < 4.78 is 0. The number of hydrogen-bond donors (Lipinski definition) is 1. The van der Waals surface area contributed by atoms with Gasteiger partial charge in [-0.3, -0.25) is 4.79 Å². The second-order valence-corrected chi connectivity index (χ2v) is 3.40. The number of benzene rings is 1. The zero-order valence-corrected chi connectivity index (χ0v) is 8.75. The molecule has 0 aliphatic heterocycles. The SMILES string of the molecule is C[C@@H](NC(=O)c1ccccc1Cl)C(=O)[O-]. The molecule has 15 heavy (non-hydrogen) atoms. The molecule has 0 saturated heterocycles. The number of aliphatic carboxylic acids is 1. The zero-order chi connectivity index (χ0) is 11.4. The summed E-state index contributed by atoms with van der Waals surface area (Å²) in [6, 6.07) is 5.35. The van der Waals surface area contributed by atoms with Gasteiger partial charge in [-0.05, 0) is 19.1 Å². The average molecular weight is 227 g/mol. The highest BCUT2D eigenvalue weighted by Crippen LogP contribution is 2.14. The van der Waals surface area contributed by atoms with Crippen LogP contribution in [0.1, 0.15) is 17.3 Å². The number of hydrogen-bond acceptors (Lipinski definition) is 3. The summed E-state index contributed by atoms with van der Waals surface area (Å²) in [7, 11) is 0. The van der Waals surface area contributed by atoms with E-state index in [-0.39, 0.29) is 10.6 Å². The number of carboxylic acid groups (broad SMARTS) is 1. The van der Waals surface area contributed by atoms with Crippen LogP contribution < -0.4 is 10.4 Å². The molecule has 0 aliphatic rings. The van der Waals surface area contributed by atoms with Crippen molar-refractivity contribution >= 4 is 23.5 Å². The van der Waals surface area contributed by atoms with Crippen LogP contribution in [0.5, 0.6) is 0 Å². The fraction of sp³-hybridized carbons (Fsp3) is 0.200. The second kappa shape index (κ2) is 4.79. The summed E-state index contributed by atoms with van der Waals surface area (Å²) in [6.07, 6.45) is 0. The van der Waals surface area contributed by atoms with Gasteiger partial charge in [-0.2, -0.15) is 0 Å². The lowest BCUT2D eigenvalue weighted by molar-refractivity contribution is -0.307. The Morgan fingerprint density at radius 3 is 2.53 bits per heavy atom. The first kappa shape index (κ1) is 11.5. The van der Waals surface area contributed by atoms with E-state index in [2.05, 4.69) is 5.32 Å². The van der Waals surface area contributed by atoms with E-state index in [4.69, 9.17) is 11.6 Å². The van der Waals surface area contributed by atoms with Crippen LogP contribution in [-0.2, 0) is 4.79 Å². The molecular weight excluding hydrogens is 218 g/mol. The summed E-state index contributed by atoms with van der Waals surface area (Å²) in [5.41, 5.74) is 0.243. The Balaban J connectivity index is 2.78. The highest BCUT2D eigenvalue weighted by molar-refractivity contribution is 6.33. The lowest BCUT2D eigenvalue weighted by atomic mass is 10.2. The molecule has 0 aromatic heterocycles. The zero-order valence-electron chi connectivity index (χ0n) is 7.99. The molecule has 0 radical (unpaired) electrons. The number of carbonyl (C=O) groups excluding carboxylic acids is 2. The van der Waals surface area contributed by atoms with Gasteiger partial charge in [0.05, 0.1) is 22.6 Å².